The molecule has 0 aromatic carbocycles. The summed E-state index contributed by atoms with van der Waals surface area (Å²) in [6.07, 6.45) is 9.30. The summed E-state index contributed by atoms with van der Waals surface area (Å²) in [4.78, 5) is 11.0. The van der Waals surface area contributed by atoms with E-state index < -0.39 is 0 Å². The zero-order chi connectivity index (χ0) is 10.2. The number of carbonyl (C=O) groups excluding carboxylic acids is 1. The summed E-state index contributed by atoms with van der Waals surface area (Å²) in [6, 6.07) is 0. The van der Waals surface area contributed by atoms with Gasteiger partial charge in [0.25, 0.3) is 0 Å². The van der Waals surface area contributed by atoms with E-state index in [1.165, 1.54) is 44.9 Å². The average Bonchev–Trinajstić information content (AvgIpc) is 2.15. The molecule has 3 nitrogen and oxygen atoms in total. The molecule has 0 heterocycles. The Morgan fingerprint density at radius 1 is 1.13 bits per heavy atom. The molecule has 1 amide bonds. The van der Waals surface area contributed by atoms with Crippen molar-refractivity contribution in [2.45, 2.75) is 44.9 Å². The lowest BCUT2D eigenvalue weighted by atomic mass is 9.91. The van der Waals surface area contributed by atoms with Crippen LogP contribution < -0.4 is 11.1 Å². The van der Waals surface area contributed by atoms with Crippen LogP contribution in [0.15, 0.2) is 0 Å². The Morgan fingerprint density at radius 2 is 1.67 bits per heavy atom. The maximum Gasteiger partial charge on any atom is 0.233 e. The van der Waals surface area contributed by atoms with E-state index in [4.69, 9.17) is 5.73 Å². The SMILES string of the molecule is Cl.NCC(=O)NCC1CCCCCCC1. The lowest BCUT2D eigenvalue weighted by molar-refractivity contribution is -0.119. The van der Waals surface area contributed by atoms with Gasteiger partial charge in [0.15, 0.2) is 0 Å². The lowest BCUT2D eigenvalue weighted by Crippen LogP contribution is -2.34. The van der Waals surface area contributed by atoms with Crippen molar-refractivity contribution in [2.24, 2.45) is 11.7 Å². The average molecular weight is 235 g/mol. The summed E-state index contributed by atoms with van der Waals surface area (Å²) in [5.74, 6) is 0.665. The second kappa shape index (κ2) is 8.98. The van der Waals surface area contributed by atoms with E-state index in [1.54, 1.807) is 0 Å². The van der Waals surface area contributed by atoms with Crippen LogP contribution in [0, 0.1) is 5.92 Å². The highest BCUT2D eigenvalue weighted by atomic mass is 35.5. The molecule has 15 heavy (non-hydrogen) atoms. The molecule has 3 N–H and O–H groups in total. The number of carbonyl (C=O) groups is 1. The molecule has 90 valence electrons. The van der Waals surface area contributed by atoms with Crippen LogP contribution >= 0.6 is 12.4 Å². The number of amides is 1. The fourth-order valence-corrected chi connectivity index (χ4v) is 2.08. The molecule has 1 fully saturated rings. The molecule has 0 atom stereocenters. The van der Waals surface area contributed by atoms with Gasteiger partial charge < -0.3 is 11.1 Å². The summed E-state index contributed by atoms with van der Waals surface area (Å²) in [5, 5.41) is 2.89. The molecule has 4 heteroatoms. The van der Waals surface area contributed by atoms with Gasteiger partial charge in [0.1, 0.15) is 0 Å². The number of halogens is 1. The smallest absolute Gasteiger partial charge is 0.233 e. The Balaban J connectivity index is 0.00000196. The van der Waals surface area contributed by atoms with Crippen molar-refractivity contribution in [3.63, 3.8) is 0 Å². The first kappa shape index (κ1) is 14.7. The number of nitrogens with two attached hydrogens (primary N) is 1. The standard InChI is InChI=1S/C11H22N2O.ClH/c12-8-11(14)13-9-10-6-4-2-1-3-5-7-10;/h10H,1-9,12H2,(H,13,14);1H. The second-order valence-corrected chi connectivity index (χ2v) is 4.22. The van der Waals surface area contributed by atoms with Crippen molar-refractivity contribution < 1.29 is 4.79 Å². The van der Waals surface area contributed by atoms with Crippen LogP contribution in [0.25, 0.3) is 0 Å². The monoisotopic (exact) mass is 234 g/mol. The molecule has 0 radical (unpaired) electrons. The van der Waals surface area contributed by atoms with Crippen molar-refractivity contribution in [3.8, 4) is 0 Å². The molecule has 1 aliphatic rings. The largest absolute Gasteiger partial charge is 0.355 e. The van der Waals surface area contributed by atoms with Gasteiger partial charge in [-0.1, -0.05) is 32.1 Å². The van der Waals surface area contributed by atoms with Crippen LogP contribution in [-0.2, 0) is 4.79 Å². The van der Waals surface area contributed by atoms with Crippen molar-refractivity contribution in [2.75, 3.05) is 13.1 Å². The molecule has 0 saturated heterocycles. The van der Waals surface area contributed by atoms with Gasteiger partial charge in [-0.05, 0) is 18.8 Å². The molecular weight excluding hydrogens is 212 g/mol. The molecule has 0 aromatic rings. The minimum absolute atomic E-state index is 0. The molecule has 0 unspecified atom stereocenters. The van der Waals surface area contributed by atoms with E-state index in [2.05, 4.69) is 5.32 Å². The van der Waals surface area contributed by atoms with E-state index >= 15 is 0 Å². The van der Waals surface area contributed by atoms with Crippen LogP contribution in [0.2, 0.25) is 0 Å². The predicted octanol–water partition coefficient (Wildman–Crippen LogP) is 1.84. The zero-order valence-electron chi connectivity index (χ0n) is 9.34. The predicted molar refractivity (Wildman–Crippen MR) is 65.1 cm³/mol. The highest BCUT2D eigenvalue weighted by Crippen LogP contribution is 2.21. The van der Waals surface area contributed by atoms with Crippen LogP contribution in [-0.4, -0.2) is 19.0 Å². The van der Waals surface area contributed by atoms with E-state index in [-0.39, 0.29) is 24.9 Å². The van der Waals surface area contributed by atoms with Gasteiger partial charge in [-0.25, -0.2) is 0 Å². The molecule has 0 aliphatic heterocycles. The molecule has 0 aromatic heterocycles. The van der Waals surface area contributed by atoms with Gasteiger partial charge in [0.2, 0.25) is 5.91 Å². The summed E-state index contributed by atoms with van der Waals surface area (Å²) in [7, 11) is 0. The van der Waals surface area contributed by atoms with E-state index in [0.29, 0.717) is 5.92 Å². The first-order chi connectivity index (χ1) is 6.83. The van der Waals surface area contributed by atoms with Crippen molar-refractivity contribution in [3.05, 3.63) is 0 Å². The highest BCUT2D eigenvalue weighted by molar-refractivity contribution is 5.85. The number of hydrogen-bond acceptors (Lipinski definition) is 2. The topological polar surface area (TPSA) is 55.1 Å². The van der Waals surface area contributed by atoms with Crippen molar-refractivity contribution in [1.29, 1.82) is 0 Å². The van der Waals surface area contributed by atoms with E-state index in [0.717, 1.165) is 6.54 Å². The number of rotatable bonds is 3. The maximum absolute atomic E-state index is 11.0. The quantitative estimate of drug-likeness (QED) is 0.783. The van der Waals surface area contributed by atoms with E-state index in [9.17, 15) is 4.79 Å². The highest BCUT2D eigenvalue weighted by Gasteiger charge is 2.11. The summed E-state index contributed by atoms with van der Waals surface area (Å²) in [6.45, 7) is 0.947. The molecule has 0 bridgehead atoms. The summed E-state index contributed by atoms with van der Waals surface area (Å²) >= 11 is 0. The fraction of sp³-hybridized carbons (Fsp3) is 0.909. The van der Waals surface area contributed by atoms with E-state index in [1.807, 2.05) is 0 Å². The Morgan fingerprint density at radius 3 is 2.20 bits per heavy atom. The van der Waals surface area contributed by atoms with Gasteiger partial charge in [0, 0.05) is 6.54 Å². The van der Waals surface area contributed by atoms with Crippen LogP contribution in [0.3, 0.4) is 0 Å². The van der Waals surface area contributed by atoms with Gasteiger partial charge in [-0.2, -0.15) is 0 Å². The molecular formula is C11H23ClN2O. The number of hydrogen-bond donors (Lipinski definition) is 2. The Kier molecular flexibility index (Phi) is 8.82. The first-order valence-electron chi connectivity index (χ1n) is 5.79. The molecule has 0 spiro atoms. The Hall–Kier alpha value is -0.280. The third kappa shape index (κ3) is 6.74. The molecule has 1 rings (SSSR count). The van der Waals surface area contributed by atoms with Crippen LogP contribution in [0.4, 0.5) is 0 Å². The molecule has 1 saturated carbocycles. The second-order valence-electron chi connectivity index (χ2n) is 4.22. The number of nitrogens with one attached hydrogen (secondary N) is 1. The van der Waals surface area contributed by atoms with Crippen LogP contribution in [0.5, 0.6) is 0 Å². The molecule has 1 aliphatic carbocycles. The Bertz CT molecular complexity index is 168. The minimum atomic E-state index is -0.0212. The lowest BCUT2D eigenvalue weighted by Gasteiger charge is -2.19. The van der Waals surface area contributed by atoms with Crippen LogP contribution in [0.1, 0.15) is 44.9 Å². The Labute approximate surface area is 98.6 Å². The maximum atomic E-state index is 11.0. The zero-order valence-corrected chi connectivity index (χ0v) is 10.2. The van der Waals surface area contributed by atoms with Gasteiger partial charge >= 0.3 is 0 Å². The van der Waals surface area contributed by atoms with Crippen molar-refractivity contribution in [1.82, 2.24) is 5.32 Å². The normalized spacial score (nSPS) is 18.5. The summed E-state index contributed by atoms with van der Waals surface area (Å²) in [5.41, 5.74) is 5.23. The van der Waals surface area contributed by atoms with Gasteiger partial charge in [0.05, 0.1) is 6.54 Å². The first-order valence-corrected chi connectivity index (χ1v) is 5.79. The third-order valence-electron chi connectivity index (χ3n) is 3.00. The van der Waals surface area contributed by atoms with Gasteiger partial charge in [-0.15, -0.1) is 12.4 Å². The van der Waals surface area contributed by atoms with Gasteiger partial charge in [-0.3, -0.25) is 4.79 Å². The summed E-state index contributed by atoms with van der Waals surface area (Å²) < 4.78 is 0. The fourth-order valence-electron chi connectivity index (χ4n) is 2.08. The van der Waals surface area contributed by atoms with Crippen molar-refractivity contribution >= 4 is 18.3 Å². The minimum Gasteiger partial charge on any atom is -0.355 e. The third-order valence-corrected chi connectivity index (χ3v) is 3.00.